The maximum absolute atomic E-state index is 13.2. The summed E-state index contributed by atoms with van der Waals surface area (Å²) in [4.78, 5) is 49.8. The summed E-state index contributed by atoms with van der Waals surface area (Å²) in [7, 11) is 0. The second kappa shape index (κ2) is 9.61. The predicted octanol–water partition coefficient (Wildman–Crippen LogP) is 2.13. The molecule has 0 radical (unpaired) electrons. The number of piperazine rings is 1. The fraction of sp³-hybridized carbons (Fsp3) is 0.650. The van der Waals surface area contributed by atoms with Crippen molar-refractivity contribution in [1.29, 1.82) is 0 Å². The van der Waals surface area contributed by atoms with Gasteiger partial charge < -0.3 is 14.5 Å². The van der Waals surface area contributed by atoms with Gasteiger partial charge in [-0.25, -0.2) is 14.8 Å². The van der Waals surface area contributed by atoms with Crippen LogP contribution < -0.4 is 0 Å². The van der Waals surface area contributed by atoms with Crippen LogP contribution in [-0.2, 0) is 9.53 Å². The van der Waals surface area contributed by atoms with E-state index in [1.807, 2.05) is 11.8 Å². The van der Waals surface area contributed by atoms with E-state index in [9.17, 15) is 14.4 Å². The molecule has 0 saturated carbocycles. The molecule has 1 atom stereocenters. The lowest BCUT2D eigenvalue weighted by molar-refractivity contribution is -0.135. The Morgan fingerprint density at radius 3 is 2.46 bits per heavy atom. The van der Waals surface area contributed by atoms with Gasteiger partial charge in [0.15, 0.2) is 0 Å². The van der Waals surface area contributed by atoms with Crippen molar-refractivity contribution < 1.29 is 19.1 Å². The number of esters is 1. The lowest BCUT2D eigenvalue weighted by atomic mass is 10.1. The van der Waals surface area contributed by atoms with E-state index in [1.54, 1.807) is 25.7 Å². The molecule has 2 amide bonds. The monoisotopic (exact) mass is 390 g/mol. The van der Waals surface area contributed by atoms with Crippen LogP contribution in [0.2, 0.25) is 0 Å². The first-order chi connectivity index (χ1) is 13.3. The van der Waals surface area contributed by atoms with E-state index in [1.165, 1.54) is 0 Å². The summed E-state index contributed by atoms with van der Waals surface area (Å²) in [5, 5.41) is 0. The largest absolute Gasteiger partial charge is 0.462 e. The van der Waals surface area contributed by atoms with Gasteiger partial charge in [0.25, 0.3) is 5.91 Å². The van der Waals surface area contributed by atoms with Crippen LogP contribution in [0, 0.1) is 13.8 Å². The molecule has 0 aromatic carbocycles. The Bertz CT molecular complexity index is 750. The highest BCUT2D eigenvalue weighted by Gasteiger charge is 2.33. The van der Waals surface area contributed by atoms with Gasteiger partial charge >= 0.3 is 5.97 Å². The number of rotatable bonds is 6. The first-order valence-electron chi connectivity index (χ1n) is 9.91. The van der Waals surface area contributed by atoms with Gasteiger partial charge in [0.1, 0.15) is 17.1 Å². The number of unbranched alkanes of at least 4 members (excludes halogenated alkanes) is 1. The van der Waals surface area contributed by atoms with E-state index in [0.29, 0.717) is 37.6 Å². The fourth-order valence-electron chi connectivity index (χ4n) is 3.45. The Morgan fingerprint density at radius 2 is 1.86 bits per heavy atom. The van der Waals surface area contributed by atoms with Crippen molar-refractivity contribution in [2.24, 2.45) is 0 Å². The van der Waals surface area contributed by atoms with Crippen LogP contribution in [0.3, 0.4) is 0 Å². The van der Waals surface area contributed by atoms with E-state index in [0.717, 1.165) is 12.8 Å². The summed E-state index contributed by atoms with van der Waals surface area (Å²) in [6.45, 7) is 10.6. The number of hydrogen-bond donors (Lipinski definition) is 0. The Labute approximate surface area is 166 Å². The molecule has 1 fully saturated rings. The van der Waals surface area contributed by atoms with Gasteiger partial charge in [-0.2, -0.15) is 0 Å². The highest BCUT2D eigenvalue weighted by atomic mass is 16.5. The van der Waals surface area contributed by atoms with Gasteiger partial charge in [-0.3, -0.25) is 9.59 Å². The number of carbonyl (C=O) groups excluding carboxylic acids is 3. The van der Waals surface area contributed by atoms with E-state index >= 15 is 0 Å². The fourth-order valence-corrected chi connectivity index (χ4v) is 3.45. The number of amides is 2. The minimum absolute atomic E-state index is 0.0707. The maximum Gasteiger partial charge on any atom is 0.342 e. The molecule has 1 saturated heterocycles. The molecule has 2 rings (SSSR count). The Hall–Kier alpha value is -2.51. The van der Waals surface area contributed by atoms with E-state index in [4.69, 9.17) is 4.74 Å². The van der Waals surface area contributed by atoms with Gasteiger partial charge in [-0.15, -0.1) is 0 Å². The summed E-state index contributed by atoms with van der Waals surface area (Å²) in [5.74, 6) is -0.369. The van der Waals surface area contributed by atoms with Gasteiger partial charge in [0.05, 0.1) is 12.3 Å². The van der Waals surface area contributed by atoms with E-state index in [2.05, 4.69) is 16.9 Å². The molecule has 8 nitrogen and oxygen atoms in total. The summed E-state index contributed by atoms with van der Waals surface area (Å²) in [6, 6.07) is -0.0860. The first kappa shape index (κ1) is 21.8. The van der Waals surface area contributed by atoms with Crippen molar-refractivity contribution in [3.05, 3.63) is 22.8 Å². The SMILES string of the molecule is CCCCC(=O)N1CCN(C(=O)c2nc(C)nc(C)c2C(=O)OCC)CC1C. The maximum atomic E-state index is 13.2. The second-order valence-electron chi connectivity index (χ2n) is 7.09. The minimum atomic E-state index is -0.593. The normalized spacial score (nSPS) is 16.8. The van der Waals surface area contributed by atoms with Gasteiger partial charge in [-0.1, -0.05) is 13.3 Å². The molecule has 1 aliphatic heterocycles. The first-order valence-corrected chi connectivity index (χ1v) is 9.91. The number of aryl methyl sites for hydroxylation is 2. The van der Waals surface area contributed by atoms with Crippen molar-refractivity contribution >= 4 is 17.8 Å². The van der Waals surface area contributed by atoms with Crippen LogP contribution in [-0.4, -0.2) is 69.8 Å². The zero-order valence-electron chi connectivity index (χ0n) is 17.4. The van der Waals surface area contributed by atoms with Crippen molar-refractivity contribution in [2.75, 3.05) is 26.2 Å². The topological polar surface area (TPSA) is 92.7 Å². The molecule has 154 valence electrons. The van der Waals surface area contributed by atoms with Gasteiger partial charge in [0, 0.05) is 32.1 Å². The highest BCUT2D eigenvalue weighted by molar-refractivity contribution is 6.04. The zero-order valence-corrected chi connectivity index (χ0v) is 17.4. The van der Waals surface area contributed by atoms with Crippen molar-refractivity contribution in [3.63, 3.8) is 0 Å². The number of aromatic nitrogens is 2. The van der Waals surface area contributed by atoms with Crippen molar-refractivity contribution in [3.8, 4) is 0 Å². The third-order valence-electron chi connectivity index (χ3n) is 4.86. The standard InChI is InChI=1S/C20H30N4O4/c1-6-8-9-16(25)24-11-10-23(12-13(24)3)19(26)18-17(20(27)28-7-2)14(4)21-15(5)22-18/h13H,6-12H2,1-5H3. The minimum Gasteiger partial charge on any atom is -0.462 e. The summed E-state index contributed by atoms with van der Waals surface area (Å²) in [6.07, 6.45) is 2.38. The third kappa shape index (κ3) is 4.85. The highest BCUT2D eigenvalue weighted by Crippen LogP contribution is 2.19. The average molecular weight is 390 g/mol. The molecule has 8 heteroatoms. The van der Waals surface area contributed by atoms with Crippen LogP contribution >= 0.6 is 0 Å². The molecule has 0 aliphatic carbocycles. The zero-order chi connectivity index (χ0) is 20.8. The number of hydrogen-bond acceptors (Lipinski definition) is 6. The Balaban J connectivity index is 2.21. The lowest BCUT2D eigenvalue weighted by Gasteiger charge is -2.40. The van der Waals surface area contributed by atoms with Crippen LogP contribution in [0.5, 0.6) is 0 Å². The Kier molecular flexibility index (Phi) is 7.48. The van der Waals surface area contributed by atoms with Crippen molar-refractivity contribution in [2.45, 2.75) is 59.9 Å². The van der Waals surface area contributed by atoms with E-state index in [-0.39, 0.29) is 35.7 Å². The van der Waals surface area contributed by atoms with Crippen LogP contribution in [0.25, 0.3) is 0 Å². The molecule has 28 heavy (non-hydrogen) atoms. The van der Waals surface area contributed by atoms with Crippen LogP contribution in [0.15, 0.2) is 0 Å². The summed E-state index contributed by atoms with van der Waals surface area (Å²) >= 11 is 0. The molecule has 0 N–H and O–H groups in total. The molecular weight excluding hydrogens is 360 g/mol. The summed E-state index contributed by atoms with van der Waals surface area (Å²) in [5.41, 5.74) is 0.615. The van der Waals surface area contributed by atoms with Crippen molar-refractivity contribution in [1.82, 2.24) is 19.8 Å². The van der Waals surface area contributed by atoms with Gasteiger partial charge in [-0.05, 0) is 34.1 Å². The molecule has 1 aliphatic rings. The quantitative estimate of drug-likeness (QED) is 0.691. The Morgan fingerprint density at radius 1 is 1.14 bits per heavy atom. The average Bonchev–Trinajstić information content (AvgIpc) is 2.64. The molecule has 2 heterocycles. The molecule has 1 aromatic rings. The smallest absolute Gasteiger partial charge is 0.342 e. The van der Waals surface area contributed by atoms with E-state index < -0.39 is 5.97 Å². The molecule has 0 spiro atoms. The van der Waals surface area contributed by atoms with Gasteiger partial charge in [0.2, 0.25) is 5.91 Å². The number of ether oxygens (including phenoxy) is 1. The van der Waals surface area contributed by atoms with Crippen LogP contribution in [0.4, 0.5) is 0 Å². The third-order valence-corrected chi connectivity index (χ3v) is 4.86. The lowest BCUT2D eigenvalue weighted by Crippen LogP contribution is -2.55. The summed E-state index contributed by atoms with van der Waals surface area (Å²) < 4.78 is 5.09. The molecule has 0 bridgehead atoms. The second-order valence-corrected chi connectivity index (χ2v) is 7.09. The molecular formula is C20H30N4O4. The van der Waals surface area contributed by atoms with Crippen LogP contribution in [0.1, 0.15) is 72.4 Å². The number of carbonyl (C=O) groups is 3. The molecule has 1 unspecified atom stereocenters. The number of nitrogens with zero attached hydrogens (tertiary/aromatic N) is 4. The molecule has 1 aromatic heterocycles. The predicted molar refractivity (Wildman–Crippen MR) is 104 cm³/mol.